The number of benzene rings is 1. The van der Waals surface area contributed by atoms with Crippen molar-refractivity contribution >= 4 is 33.6 Å². The summed E-state index contributed by atoms with van der Waals surface area (Å²) < 4.78 is 29.8. The highest BCUT2D eigenvalue weighted by Crippen LogP contribution is 2.13. The normalized spacial score (nSPS) is 15.0. The zero-order valence-electron chi connectivity index (χ0n) is 16.2. The molecular formula is C19H22N4O5S. The maximum atomic E-state index is 12.4. The number of amides is 2. The highest BCUT2D eigenvalue weighted by molar-refractivity contribution is 7.92. The number of anilines is 1. The first-order valence-corrected chi connectivity index (χ1v) is 10.9. The molecule has 0 spiro atoms. The monoisotopic (exact) mass is 418 g/mol. The molecule has 3 rings (SSSR count). The Kier molecular flexibility index (Phi) is 6.02. The van der Waals surface area contributed by atoms with Gasteiger partial charge >= 0.3 is 0 Å². The van der Waals surface area contributed by atoms with E-state index in [-0.39, 0.29) is 17.6 Å². The SMILES string of the molecule is Cc1cc(C(=O)N2CCN(C(=O)C=Cc3ccc(NS(C)(=O)=O)cc3)CC2)on1. The van der Waals surface area contributed by atoms with Crippen molar-refractivity contribution in [1.29, 1.82) is 0 Å². The molecule has 1 saturated heterocycles. The van der Waals surface area contributed by atoms with Crippen LogP contribution in [0.1, 0.15) is 21.8 Å². The van der Waals surface area contributed by atoms with Gasteiger partial charge in [-0.3, -0.25) is 14.3 Å². The van der Waals surface area contributed by atoms with Crippen LogP contribution in [0, 0.1) is 6.92 Å². The second-order valence-corrected chi connectivity index (χ2v) is 8.53. The molecule has 1 aliphatic rings. The Labute approximate surface area is 169 Å². The van der Waals surface area contributed by atoms with Crippen molar-refractivity contribution in [2.45, 2.75) is 6.92 Å². The Hall–Kier alpha value is -3.14. The standard InChI is InChI=1S/C19H22N4O5S/c1-14-13-17(28-20-14)19(25)23-11-9-22(10-12-23)18(24)8-5-15-3-6-16(7-4-15)21-29(2,26)27/h3-8,13,21H,9-12H2,1-2H3. The van der Waals surface area contributed by atoms with Crippen LogP contribution in [0.3, 0.4) is 0 Å². The van der Waals surface area contributed by atoms with E-state index in [1.54, 1.807) is 53.1 Å². The fraction of sp³-hybridized carbons (Fsp3) is 0.316. The lowest BCUT2D eigenvalue weighted by Crippen LogP contribution is -2.50. The quantitative estimate of drug-likeness (QED) is 0.734. The highest BCUT2D eigenvalue weighted by Gasteiger charge is 2.26. The van der Waals surface area contributed by atoms with Gasteiger partial charge in [-0.1, -0.05) is 17.3 Å². The number of nitrogens with zero attached hydrogens (tertiary/aromatic N) is 3. The van der Waals surface area contributed by atoms with E-state index in [4.69, 9.17) is 4.52 Å². The van der Waals surface area contributed by atoms with Gasteiger partial charge in [-0.15, -0.1) is 0 Å². The summed E-state index contributed by atoms with van der Waals surface area (Å²) in [5.74, 6) is -0.169. The van der Waals surface area contributed by atoms with Gasteiger partial charge in [0.15, 0.2) is 0 Å². The molecule has 0 bridgehead atoms. The molecule has 0 atom stereocenters. The minimum Gasteiger partial charge on any atom is -0.351 e. The molecule has 2 aromatic rings. The van der Waals surface area contributed by atoms with Crippen LogP contribution in [-0.2, 0) is 14.8 Å². The zero-order chi connectivity index (χ0) is 21.0. The summed E-state index contributed by atoms with van der Waals surface area (Å²) in [7, 11) is -3.32. The van der Waals surface area contributed by atoms with Crippen LogP contribution in [0.4, 0.5) is 5.69 Å². The number of carbonyl (C=O) groups is 2. The second-order valence-electron chi connectivity index (χ2n) is 6.78. The van der Waals surface area contributed by atoms with Crippen LogP contribution in [0.5, 0.6) is 0 Å². The van der Waals surface area contributed by atoms with Gasteiger partial charge in [0.2, 0.25) is 21.7 Å². The molecule has 9 nitrogen and oxygen atoms in total. The average Bonchev–Trinajstić information content (AvgIpc) is 3.12. The van der Waals surface area contributed by atoms with Crippen molar-refractivity contribution in [3.8, 4) is 0 Å². The number of aryl methyl sites for hydroxylation is 1. The molecule has 2 amide bonds. The number of piperazine rings is 1. The molecule has 0 aliphatic carbocycles. The third-order valence-electron chi connectivity index (χ3n) is 4.35. The summed E-state index contributed by atoms with van der Waals surface area (Å²) in [6.07, 6.45) is 4.22. The predicted octanol–water partition coefficient (Wildman–Crippen LogP) is 1.35. The van der Waals surface area contributed by atoms with Crippen molar-refractivity contribution in [1.82, 2.24) is 15.0 Å². The van der Waals surface area contributed by atoms with E-state index in [9.17, 15) is 18.0 Å². The number of nitrogens with one attached hydrogen (secondary N) is 1. The second kappa shape index (κ2) is 8.48. The smallest absolute Gasteiger partial charge is 0.292 e. The van der Waals surface area contributed by atoms with E-state index in [0.717, 1.165) is 11.8 Å². The van der Waals surface area contributed by atoms with Gasteiger partial charge in [-0.05, 0) is 30.7 Å². The molecule has 10 heteroatoms. The summed E-state index contributed by atoms with van der Waals surface area (Å²) >= 11 is 0. The number of sulfonamides is 1. The zero-order valence-corrected chi connectivity index (χ0v) is 17.0. The van der Waals surface area contributed by atoms with Crippen molar-refractivity contribution in [2.24, 2.45) is 0 Å². The van der Waals surface area contributed by atoms with Gasteiger partial charge in [0.25, 0.3) is 5.91 Å². The molecule has 0 saturated carbocycles. The van der Waals surface area contributed by atoms with Crippen LogP contribution >= 0.6 is 0 Å². The molecule has 1 N–H and O–H groups in total. The molecule has 154 valence electrons. The van der Waals surface area contributed by atoms with Gasteiger partial charge in [0, 0.05) is 44.0 Å². The molecule has 1 fully saturated rings. The number of hydrogen-bond donors (Lipinski definition) is 1. The molecule has 1 aliphatic heterocycles. The van der Waals surface area contributed by atoms with E-state index in [0.29, 0.717) is 37.6 Å². The predicted molar refractivity (Wildman–Crippen MR) is 108 cm³/mol. The molecule has 0 radical (unpaired) electrons. The summed E-state index contributed by atoms with van der Waals surface area (Å²) in [5.41, 5.74) is 1.87. The molecule has 0 unspecified atom stereocenters. The molecular weight excluding hydrogens is 396 g/mol. The molecule has 1 aromatic carbocycles. The Morgan fingerprint density at radius 1 is 1.10 bits per heavy atom. The Balaban J connectivity index is 1.52. The van der Waals surface area contributed by atoms with Crippen LogP contribution in [0.25, 0.3) is 6.08 Å². The Morgan fingerprint density at radius 3 is 2.28 bits per heavy atom. The Morgan fingerprint density at radius 2 is 1.72 bits per heavy atom. The first kappa shape index (κ1) is 20.6. The van der Waals surface area contributed by atoms with Gasteiger partial charge in [0.05, 0.1) is 11.9 Å². The molecule has 2 heterocycles. The van der Waals surface area contributed by atoms with Gasteiger partial charge < -0.3 is 14.3 Å². The third kappa shape index (κ3) is 5.67. The maximum absolute atomic E-state index is 12.4. The van der Waals surface area contributed by atoms with E-state index in [1.165, 1.54) is 6.08 Å². The number of rotatable bonds is 5. The van der Waals surface area contributed by atoms with Crippen molar-refractivity contribution in [2.75, 3.05) is 37.2 Å². The van der Waals surface area contributed by atoms with Crippen molar-refractivity contribution in [3.63, 3.8) is 0 Å². The topological polar surface area (TPSA) is 113 Å². The first-order chi connectivity index (χ1) is 13.7. The minimum absolute atomic E-state index is 0.147. The lowest BCUT2D eigenvalue weighted by atomic mass is 10.2. The minimum atomic E-state index is -3.32. The maximum Gasteiger partial charge on any atom is 0.292 e. The van der Waals surface area contributed by atoms with Crippen LogP contribution in [0.15, 0.2) is 40.9 Å². The van der Waals surface area contributed by atoms with Crippen LogP contribution in [-0.4, -0.2) is 67.6 Å². The number of hydrogen-bond acceptors (Lipinski definition) is 6. The van der Waals surface area contributed by atoms with E-state index in [1.807, 2.05) is 0 Å². The fourth-order valence-corrected chi connectivity index (χ4v) is 3.46. The molecule has 1 aromatic heterocycles. The van der Waals surface area contributed by atoms with Crippen LogP contribution < -0.4 is 4.72 Å². The number of carbonyl (C=O) groups excluding carboxylic acids is 2. The summed E-state index contributed by atoms with van der Waals surface area (Å²) in [6.45, 7) is 3.45. The van der Waals surface area contributed by atoms with Gasteiger partial charge in [-0.25, -0.2) is 8.42 Å². The lowest BCUT2D eigenvalue weighted by Gasteiger charge is -2.33. The van der Waals surface area contributed by atoms with Crippen molar-refractivity contribution in [3.05, 3.63) is 53.4 Å². The fourth-order valence-electron chi connectivity index (χ4n) is 2.90. The lowest BCUT2D eigenvalue weighted by molar-refractivity contribution is -0.127. The van der Waals surface area contributed by atoms with Gasteiger partial charge in [0.1, 0.15) is 0 Å². The first-order valence-electron chi connectivity index (χ1n) is 8.99. The summed E-state index contributed by atoms with van der Waals surface area (Å²) in [5, 5.41) is 3.72. The van der Waals surface area contributed by atoms with Gasteiger partial charge in [-0.2, -0.15) is 0 Å². The third-order valence-corrected chi connectivity index (χ3v) is 4.96. The van der Waals surface area contributed by atoms with E-state index >= 15 is 0 Å². The summed E-state index contributed by atoms with van der Waals surface area (Å²) in [6, 6.07) is 8.28. The summed E-state index contributed by atoms with van der Waals surface area (Å²) in [4.78, 5) is 28.0. The average molecular weight is 418 g/mol. The van der Waals surface area contributed by atoms with E-state index < -0.39 is 10.0 Å². The number of aromatic nitrogens is 1. The van der Waals surface area contributed by atoms with E-state index in [2.05, 4.69) is 9.88 Å². The Bertz CT molecular complexity index is 1020. The van der Waals surface area contributed by atoms with Crippen molar-refractivity contribution < 1.29 is 22.5 Å². The van der Waals surface area contributed by atoms with Crippen LogP contribution in [0.2, 0.25) is 0 Å². The highest BCUT2D eigenvalue weighted by atomic mass is 32.2. The largest absolute Gasteiger partial charge is 0.351 e. The molecule has 29 heavy (non-hydrogen) atoms.